The van der Waals surface area contributed by atoms with Gasteiger partial charge >= 0.3 is 5.97 Å². The van der Waals surface area contributed by atoms with Crippen molar-refractivity contribution in [3.05, 3.63) is 30.1 Å². The summed E-state index contributed by atoms with van der Waals surface area (Å²) in [5.74, 6) is 0.207. The molecule has 6 nitrogen and oxygen atoms in total. The number of aromatic nitrogens is 2. The number of para-hydroxylation sites is 2. The van der Waals surface area contributed by atoms with E-state index >= 15 is 0 Å². The van der Waals surface area contributed by atoms with Crippen molar-refractivity contribution in [2.24, 2.45) is 0 Å². The fourth-order valence-electron chi connectivity index (χ4n) is 2.24. The third-order valence-corrected chi connectivity index (χ3v) is 4.58. The molecule has 0 unspecified atom stereocenters. The Morgan fingerprint density at radius 1 is 1.35 bits per heavy atom. The maximum Gasteiger partial charge on any atom is 0.329 e. The quantitative estimate of drug-likeness (QED) is 0.876. The first-order chi connectivity index (χ1) is 10.8. The molecule has 0 aliphatic heterocycles. The average Bonchev–Trinajstić information content (AvgIpc) is 2.84. The third kappa shape index (κ3) is 3.34. The Morgan fingerprint density at radius 3 is 2.61 bits per heavy atom. The lowest BCUT2D eigenvalue weighted by Gasteiger charge is -2.31. The Morgan fingerprint density at radius 2 is 2.00 bits per heavy atom. The van der Waals surface area contributed by atoms with Crippen molar-refractivity contribution in [3.8, 4) is 0 Å². The van der Waals surface area contributed by atoms with E-state index in [2.05, 4.69) is 4.98 Å². The van der Waals surface area contributed by atoms with Gasteiger partial charge in [0, 0.05) is 7.05 Å². The van der Waals surface area contributed by atoms with Crippen LogP contribution in [0, 0.1) is 0 Å². The molecule has 1 N–H and O–H groups in total. The molecule has 0 fully saturated rings. The molecule has 0 saturated heterocycles. The molecular formula is C16H21N3O3S. The molecule has 23 heavy (non-hydrogen) atoms. The monoisotopic (exact) mass is 335 g/mol. The van der Waals surface area contributed by atoms with E-state index in [1.165, 1.54) is 25.8 Å². The SMILES string of the molecule is CSCc1nc2ccccc2n1CC(=O)N(C)C(C)(C)C(=O)O. The minimum atomic E-state index is -1.26. The van der Waals surface area contributed by atoms with E-state index in [0.717, 1.165) is 16.9 Å². The molecule has 2 rings (SSSR count). The van der Waals surface area contributed by atoms with Crippen molar-refractivity contribution in [3.63, 3.8) is 0 Å². The van der Waals surface area contributed by atoms with Gasteiger partial charge in [-0.15, -0.1) is 0 Å². The van der Waals surface area contributed by atoms with E-state index < -0.39 is 11.5 Å². The van der Waals surface area contributed by atoms with Crippen molar-refractivity contribution >= 4 is 34.7 Å². The Kier molecular flexibility index (Phi) is 4.99. The maximum absolute atomic E-state index is 12.6. The summed E-state index contributed by atoms with van der Waals surface area (Å²) in [6.45, 7) is 3.10. The molecule has 1 amide bonds. The Labute approximate surface area is 139 Å². The second-order valence-corrected chi connectivity index (χ2v) is 6.72. The molecule has 7 heteroatoms. The van der Waals surface area contributed by atoms with Crippen LogP contribution in [0.3, 0.4) is 0 Å². The lowest BCUT2D eigenvalue weighted by atomic mass is 10.0. The van der Waals surface area contributed by atoms with Gasteiger partial charge in [0.25, 0.3) is 0 Å². The molecule has 0 aliphatic carbocycles. The lowest BCUT2D eigenvalue weighted by molar-refractivity contribution is -0.155. The Balaban J connectivity index is 2.35. The van der Waals surface area contributed by atoms with Crippen LogP contribution < -0.4 is 0 Å². The van der Waals surface area contributed by atoms with Gasteiger partial charge in [-0.2, -0.15) is 11.8 Å². The van der Waals surface area contributed by atoms with Crippen LogP contribution in [0.1, 0.15) is 19.7 Å². The van der Waals surface area contributed by atoms with Crippen molar-refractivity contribution in [2.45, 2.75) is 31.7 Å². The Bertz CT molecular complexity index is 739. The molecule has 2 aromatic rings. The summed E-state index contributed by atoms with van der Waals surface area (Å²) < 4.78 is 1.86. The molecule has 0 spiro atoms. The highest BCUT2D eigenvalue weighted by molar-refractivity contribution is 7.97. The number of carbonyl (C=O) groups is 2. The van der Waals surface area contributed by atoms with E-state index in [4.69, 9.17) is 0 Å². The van der Waals surface area contributed by atoms with E-state index in [1.54, 1.807) is 11.8 Å². The zero-order chi connectivity index (χ0) is 17.2. The minimum Gasteiger partial charge on any atom is -0.480 e. The molecule has 0 saturated carbocycles. The van der Waals surface area contributed by atoms with Crippen LogP contribution in [0.2, 0.25) is 0 Å². The minimum absolute atomic E-state index is 0.0730. The zero-order valence-corrected chi connectivity index (χ0v) is 14.6. The molecule has 0 radical (unpaired) electrons. The predicted molar refractivity (Wildman–Crippen MR) is 91.4 cm³/mol. The summed E-state index contributed by atoms with van der Waals surface area (Å²) >= 11 is 1.63. The van der Waals surface area contributed by atoms with Gasteiger partial charge in [-0.1, -0.05) is 12.1 Å². The molecule has 0 atom stereocenters. The molecule has 0 bridgehead atoms. The number of hydrogen-bond donors (Lipinski definition) is 1. The van der Waals surface area contributed by atoms with Crippen LogP contribution >= 0.6 is 11.8 Å². The number of rotatable bonds is 6. The van der Waals surface area contributed by atoms with Gasteiger partial charge < -0.3 is 14.6 Å². The highest BCUT2D eigenvalue weighted by Gasteiger charge is 2.35. The summed E-state index contributed by atoms with van der Waals surface area (Å²) in [5, 5.41) is 9.28. The van der Waals surface area contributed by atoms with Gasteiger partial charge in [-0.05, 0) is 32.2 Å². The second kappa shape index (κ2) is 6.62. The largest absolute Gasteiger partial charge is 0.480 e. The molecule has 1 heterocycles. The third-order valence-electron chi connectivity index (χ3n) is 4.04. The average molecular weight is 335 g/mol. The fraction of sp³-hybridized carbons (Fsp3) is 0.438. The first-order valence-electron chi connectivity index (χ1n) is 7.22. The fourth-order valence-corrected chi connectivity index (χ4v) is 2.72. The predicted octanol–water partition coefficient (Wildman–Crippen LogP) is 2.22. The van der Waals surface area contributed by atoms with Crippen molar-refractivity contribution in [1.82, 2.24) is 14.5 Å². The van der Waals surface area contributed by atoms with Crippen LogP contribution in [0.25, 0.3) is 11.0 Å². The number of fused-ring (bicyclic) bond motifs is 1. The van der Waals surface area contributed by atoms with Crippen molar-refractivity contribution < 1.29 is 14.7 Å². The summed E-state index contributed by atoms with van der Waals surface area (Å²) in [5.41, 5.74) is 0.462. The lowest BCUT2D eigenvalue weighted by Crippen LogP contribution is -2.51. The van der Waals surface area contributed by atoms with Crippen LogP contribution in [0.15, 0.2) is 24.3 Å². The van der Waals surface area contributed by atoms with Crippen LogP contribution in [0.4, 0.5) is 0 Å². The summed E-state index contributed by atoms with van der Waals surface area (Å²) in [6, 6.07) is 7.63. The number of carbonyl (C=O) groups excluding carboxylic acids is 1. The van der Waals surface area contributed by atoms with Crippen molar-refractivity contribution in [2.75, 3.05) is 13.3 Å². The van der Waals surface area contributed by atoms with Gasteiger partial charge in [-0.25, -0.2) is 9.78 Å². The number of carboxylic acids is 1. The van der Waals surface area contributed by atoms with Gasteiger partial charge in [0.05, 0.1) is 16.8 Å². The number of aliphatic carboxylic acids is 1. The summed E-state index contributed by atoms with van der Waals surface area (Å²) in [6.07, 6.45) is 1.98. The maximum atomic E-state index is 12.6. The Hall–Kier alpha value is -2.02. The molecule has 1 aromatic carbocycles. The van der Waals surface area contributed by atoms with Gasteiger partial charge in [0.1, 0.15) is 17.9 Å². The van der Waals surface area contributed by atoms with Gasteiger partial charge in [0.15, 0.2) is 0 Å². The van der Waals surface area contributed by atoms with Crippen molar-refractivity contribution in [1.29, 1.82) is 0 Å². The smallest absolute Gasteiger partial charge is 0.329 e. The zero-order valence-electron chi connectivity index (χ0n) is 13.7. The van der Waals surface area contributed by atoms with Gasteiger partial charge in [0.2, 0.25) is 5.91 Å². The van der Waals surface area contributed by atoms with E-state index in [9.17, 15) is 14.7 Å². The highest BCUT2D eigenvalue weighted by atomic mass is 32.2. The number of imidazole rings is 1. The molecule has 0 aliphatic rings. The number of thioether (sulfide) groups is 1. The summed E-state index contributed by atoms with van der Waals surface area (Å²) in [4.78, 5) is 29.7. The molecule has 1 aromatic heterocycles. The van der Waals surface area contributed by atoms with E-state index in [1.807, 2.05) is 35.1 Å². The topological polar surface area (TPSA) is 75.4 Å². The second-order valence-electron chi connectivity index (χ2n) is 5.85. The molecule has 124 valence electrons. The highest BCUT2D eigenvalue weighted by Crippen LogP contribution is 2.20. The molecular weight excluding hydrogens is 314 g/mol. The summed E-state index contributed by atoms with van der Waals surface area (Å²) in [7, 11) is 1.52. The number of amides is 1. The standard InChI is InChI=1S/C16H21N3O3S/c1-16(2,15(21)22)18(3)14(20)9-19-12-8-6-5-7-11(12)17-13(19)10-23-4/h5-8H,9-10H2,1-4H3,(H,21,22). The number of nitrogens with zero attached hydrogens (tertiary/aromatic N) is 3. The number of benzene rings is 1. The number of carboxylic acid groups (broad SMARTS) is 1. The van der Waals surface area contributed by atoms with Crippen LogP contribution in [-0.4, -0.2) is 50.3 Å². The van der Waals surface area contributed by atoms with E-state index in [0.29, 0.717) is 5.75 Å². The first kappa shape index (κ1) is 17.3. The number of hydrogen-bond acceptors (Lipinski definition) is 4. The normalized spacial score (nSPS) is 11.7. The van der Waals surface area contributed by atoms with Crippen LogP contribution in [-0.2, 0) is 21.9 Å². The van der Waals surface area contributed by atoms with E-state index in [-0.39, 0.29) is 12.5 Å². The first-order valence-corrected chi connectivity index (χ1v) is 8.61. The van der Waals surface area contributed by atoms with Gasteiger partial charge in [-0.3, -0.25) is 4.79 Å². The van der Waals surface area contributed by atoms with Crippen LogP contribution in [0.5, 0.6) is 0 Å². The number of likely N-dealkylation sites (N-methyl/N-ethyl adjacent to an activating group) is 1.